The number of rotatable bonds is 11. The van der Waals surface area contributed by atoms with Crippen molar-refractivity contribution >= 4 is 0 Å². The van der Waals surface area contributed by atoms with Crippen molar-refractivity contribution in [1.29, 1.82) is 0 Å². The largest absolute Gasteiger partial charge is 0.393 e. The molecule has 2 N–H and O–H groups in total. The van der Waals surface area contributed by atoms with Crippen LogP contribution in [0.5, 0.6) is 0 Å². The van der Waals surface area contributed by atoms with Crippen molar-refractivity contribution < 1.29 is 10.2 Å². The van der Waals surface area contributed by atoms with E-state index in [4.69, 9.17) is 10.2 Å². The van der Waals surface area contributed by atoms with Crippen LogP contribution < -0.4 is 0 Å². The second kappa shape index (κ2) is 12.7. The highest BCUT2D eigenvalue weighted by Gasteiger charge is 1.93. The summed E-state index contributed by atoms with van der Waals surface area (Å²) < 4.78 is 0. The third kappa shape index (κ3) is 11.7. The highest BCUT2D eigenvalue weighted by atomic mass is 16.3. The molecule has 0 aliphatic rings. The Morgan fingerprint density at radius 1 is 0.938 bits per heavy atom. The van der Waals surface area contributed by atoms with E-state index in [1.165, 1.54) is 51.4 Å². The number of hydrogen-bond acceptors (Lipinski definition) is 2. The molecule has 0 aromatic heterocycles. The third-order valence-corrected chi connectivity index (χ3v) is 2.77. The van der Waals surface area contributed by atoms with Gasteiger partial charge in [0.15, 0.2) is 0 Å². The number of aliphatic hydroxyl groups is 2. The van der Waals surface area contributed by atoms with Gasteiger partial charge in [-0.1, -0.05) is 64.0 Å². The minimum atomic E-state index is -0.672. The maximum atomic E-state index is 9.04. The molecule has 2 heteroatoms. The van der Waals surface area contributed by atoms with E-state index in [9.17, 15) is 0 Å². The Labute approximate surface area is 100 Å². The molecule has 1 unspecified atom stereocenters. The van der Waals surface area contributed by atoms with Crippen LogP contribution in [0.15, 0.2) is 12.2 Å². The first kappa shape index (κ1) is 15.7. The van der Waals surface area contributed by atoms with Gasteiger partial charge in [-0.25, -0.2) is 0 Å². The van der Waals surface area contributed by atoms with Crippen LogP contribution in [-0.4, -0.2) is 22.9 Å². The Morgan fingerprint density at radius 2 is 1.50 bits per heavy atom. The van der Waals surface area contributed by atoms with E-state index in [1.807, 2.05) is 6.08 Å². The van der Waals surface area contributed by atoms with Crippen LogP contribution >= 0.6 is 0 Å². The quantitative estimate of drug-likeness (QED) is 0.420. The Hall–Kier alpha value is -0.340. The van der Waals surface area contributed by atoms with Crippen LogP contribution in [0, 0.1) is 0 Å². The lowest BCUT2D eigenvalue weighted by molar-refractivity contribution is 0.131. The molecule has 96 valence electrons. The van der Waals surface area contributed by atoms with Crippen molar-refractivity contribution in [2.24, 2.45) is 0 Å². The van der Waals surface area contributed by atoms with Gasteiger partial charge in [0.2, 0.25) is 0 Å². The van der Waals surface area contributed by atoms with Crippen molar-refractivity contribution in [3.63, 3.8) is 0 Å². The van der Waals surface area contributed by atoms with E-state index in [-0.39, 0.29) is 6.61 Å². The summed E-state index contributed by atoms with van der Waals surface area (Å²) in [5, 5.41) is 17.6. The zero-order chi connectivity index (χ0) is 12.1. The normalized spacial score (nSPS) is 13.4. The number of aliphatic hydroxyl groups excluding tert-OH is 2. The van der Waals surface area contributed by atoms with Crippen molar-refractivity contribution in [3.05, 3.63) is 12.2 Å². The number of unbranched alkanes of at least 4 members (excludes halogenated alkanes) is 8. The smallest absolute Gasteiger partial charge is 0.0951 e. The molecule has 16 heavy (non-hydrogen) atoms. The molecule has 0 fully saturated rings. The van der Waals surface area contributed by atoms with E-state index >= 15 is 0 Å². The first-order valence-electron chi connectivity index (χ1n) is 6.76. The van der Waals surface area contributed by atoms with Gasteiger partial charge in [0.05, 0.1) is 12.7 Å². The molecule has 0 aliphatic heterocycles. The molecule has 0 spiro atoms. The second-order valence-corrected chi connectivity index (χ2v) is 4.44. The topological polar surface area (TPSA) is 40.5 Å². The van der Waals surface area contributed by atoms with Crippen molar-refractivity contribution in [2.45, 2.75) is 70.8 Å². The molecular formula is C14H28O2. The van der Waals surface area contributed by atoms with Crippen LogP contribution in [0.3, 0.4) is 0 Å². The van der Waals surface area contributed by atoms with Gasteiger partial charge in [-0.05, 0) is 12.8 Å². The molecular weight excluding hydrogens is 200 g/mol. The SMILES string of the molecule is CCCCCCCCCCC=CC(O)CO. The van der Waals surface area contributed by atoms with Gasteiger partial charge in [0, 0.05) is 0 Å². The highest BCUT2D eigenvalue weighted by Crippen LogP contribution is 2.09. The Balaban J connectivity index is 3.06. The molecule has 0 radical (unpaired) electrons. The molecule has 0 saturated heterocycles. The summed E-state index contributed by atoms with van der Waals surface area (Å²) >= 11 is 0. The lowest BCUT2D eigenvalue weighted by atomic mass is 10.1. The van der Waals surface area contributed by atoms with E-state index in [2.05, 4.69) is 6.92 Å². The summed E-state index contributed by atoms with van der Waals surface area (Å²) in [7, 11) is 0. The fraction of sp³-hybridized carbons (Fsp3) is 0.857. The monoisotopic (exact) mass is 228 g/mol. The summed E-state index contributed by atoms with van der Waals surface area (Å²) in [6.07, 6.45) is 14.6. The van der Waals surface area contributed by atoms with Crippen molar-refractivity contribution in [2.75, 3.05) is 6.61 Å². The fourth-order valence-electron chi connectivity index (χ4n) is 1.71. The summed E-state index contributed by atoms with van der Waals surface area (Å²) in [5.41, 5.74) is 0. The number of hydrogen-bond donors (Lipinski definition) is 2. The van der Waals surface area contributed by atoms with Gasteiger partial charge >= 0.3 is 0 Å². The standard InChI is InChI=1S/C14H28O2/c1-2-3-4-5-6-7-8-9-10-11-12-14(16)13-15/h11-12,14-16H,2-10,13H2,1H3. The Kier molecular flexibility index (Phi) is 12.5. The van der Waals surface area contributed by atoms with E-state index in [1.54, 1.807) is 6.08 Å². The summed E-state index contributed by atoms with van der Waals surface area (Å²) in [6, 6.07) is 0. The molecule has 0 saturated carbocycles. The minimum absolute atomic E-state index is 0.173. The Morgan fingerprint density at radius 3 is 2.06 bits per heavy atom. The molecule has 0 heterocycles. The van der Waals surface area contributed by atoms with E-state index in [0.717, 1.165) is 6.42 Å². The van der Waals surface area contributed by atoms with Crippen molar-refractivity contribution in [3.8, 4) is 0 Å². The van der Waals surface area contributed by atoms with Gasteiger partial charge < -0.3 is 10.2 Å². The predicted octanol–water partition coefficient (Wildman–Crippen LogP) is 3.43. The maximum Gasteiger partial charge on any atom is 0.0951 e. The number of allylic oxidation sites excluding steroid dienone is 1. The van der Waals surface area contributed by atoms with Crippen LogP contribution in [-0.2, 0) is 0 Å². The van der Waals surface area contributed by atoms with E-state index in [0.29, 0.717) is 0 Å². The molecule has 0 aromatic rings. The first-order valence-corrected chi connectivity index (χ1v) is 6.76. The van der Waals surface area contributed by atoms with Crippen LogP contribution in [0.25, 0.3) is 0 Å². The molecule has 0 aliphatic carbocycles. The van der Waals surface area contributed by atoms with Gasteiger partial charge in [-0.2, -0.15) is 0 Å². The van der Waals surface area contributed by atoms with Crippen LogP contribution in [0.2, 0.25) is 0 Å². The van der Waals surface area contributed by atoms with Gasteiger partial charge in [-0.3, -0.25) is 0 Å². The second-order valence-electron chi connectivity index (χ2n) is 4.44. The molecule has 2 nitrogen and oxygen atoms in total. The van der Waals surface area contributed by atoms with E-state index < -0.39 is 6.10 Å². The average molecular weight is 228 g/mol. The van der Waals surface area contributed by atoms with Gasteiger partial charge in [0.1, 0.15) is 0 Å². The Bertz CT molecular complexity index is 155. The molecule has 1 atom stereocenters. The molecule has 0 aromatic carbocycles. The fourth-order valence-corrected chi connectivity index (χ4v) is 1.71. The van der Waals surface area contributed by atoms with Gasteiger partial charge in [0.25, 0.3) is 0 Å². The lowest BCUT2D eigenvalue weighted by Gasteiger charge is -2.00. The van der Waals surface area contributed by atoms with Gasteiger partial charge in [-0.15, -0.1) is 0 Å². The summed E-state index contributed by atoms with van der Waals surface area (Å²) in [4.78, 5) is 0. The minimum Gasteiger partial charge on any atom is -0.393 e. The lowest BCUT2D eigenvalue weighted by Crippen LogP contribution is -2.06. The predicted molar refractivity (Wildman–Crippen MR) is 69.5 cm³/mol. The maximum absolute atomic E-state index is 9.04. The third-order valence-electron chi connectivity index (χ3n) is 2.77. The first-order chi connectivity index (χ1) is 7.81. The molecule has 0 amide bonds. The average Bonchev–Trinajstić information content (AvgIpc) is 2.31. The molecule has 0 rings (SSSR count). The molecule has 0 bridgehead atoms. The zero-order valence-corrected chi connectivity index (χ0v) is 10.7. The summed E-state index contributed by atoms with van der Waals surface area (Å²) in [6.45, 7) is 2.07. The van der Waals surface area contributed by atoms with Crippen LogP contribution in [0.1, 0.15) is 64.7 Å². The van der Waals surface area contributed by atoms with Crippen molar-refractivity contribution in [1.82, 2.24) is 0 Å². The highest BCUT2D eigenvalue weighted by molar-refractivity contribution is 4.87. The summed E-state index contributed by atoms with van der Waals surface area (Å²) in [5.74, 6) is 0. The zero-order valence-electron chi connectivity index (χ0n) is 10.7. The van der Waals surface area contributed by atoms with Crippen LogP contribution in [0.4, 0.5) is 0 Å².